The Hall–Kier alpha value is -3.39. The highest BCUT2D eigenvalue weighted by Crippen LogP contribution is 2.58. The van der Waals surface area contributed by atoms with Crippen LogP contribution in [0.5, 0.6) is 5.75 Å². The Labute approximate surface area is 218 Å². The van der Waals surface area contributed by atoms with E-state index in [1.54, 1.807) is 47.0 Å². The van der Waals surface area contributed by atoms with Crippen LogP contribution in [0.4, 0.5) is 13.2 Å². The summed E-state index contributed by atoms with van der Waals surface area (Å²) in [6.07, 6.45) is 3.21. The van der Waals surface area contributed by atoms with E-state index in [0.717, 1.165) is 11.1 Å². The second kappa shape index (κ2) is 9.17. The molecule has 1 aliphatic carbocycles. The lowest BCUT2D eigenvalue weighted by Crippen LogP contribution is -2.46. The van der Waals surface area contributed by atoms with Gasteiger partial charge in [0.05, 0.1) is 17.3 Å². The largest absolute Gasteiger partial charge is 0.496 e. The van der Waals surface area contributed by atoms with Gasteiger partial charge in [0, 0.05) is 50.2 Å². The Morgan fingerprint density at radius 1 is 1.11 bits per heavy atom. The highest BCUT2D eigenvalue weighted by Gasteiger charge is 2.60. The Bertz CT molecular complexity index is 1540. The summed E-state index contributed by atoms with van der Waals surface area (Å²) >= 11 is 1.24. The highest BCUT2D eigenvalue weighted by molar-refractivity contribution is 7.17. The van der Waals surface area contributed by atoms with Crippen molar-refractivity contribution in [1.29, 1.82) is 0 Å². The molecule has 4 nitrogen and oxygen atoms in total. The molecule has 8 heteroatoms. The van der Waals surface area contributed by atoms with Gasteiger partial charge in [-0.1, -0.05) is 32.1 Å². The molecule has 1 aliphatic rings. The summed E-state index contributed by atoms with van der Waals surface area (Å²) in [6, 6.07) is 12.4. The molecule has 0 fully saturated rings. The van der Waals surface area contributed by atoms with Gasteiger partial charge in [0.15, 0.2) is 5.43 Å². The quantitative estimate of drug-likeness (QED) is 0.240. The number of methoxy groups -OCH3 is 1. The monoisotopic (exact) mass is 525 g/mol. The lowest BCUT2D eigenvalue weighted by molar-refractivity contribution is -0.218. The number of pyridine rings is 2. The van der Waals surface area contributed by atoms with Crippen molar-refractivity contribution in [2.24, 2.45) is 5.41 Å². The number of hydrogen-bond acceptors (Lipinski definition) is 4. The molecule has 1 unspecified atom stereocenters. The number of ether oxygens (including phenoxy) is 1. The van der Waals surface area contributed by atoms with Crippen LogP contribution >= 0.6 is 11.3 Å². The number of nitrogens with zero attached hydrogens (tertiary/aromatic N) is 2. The maximum atomic E-state index is 15.2. The van der Waals surface area contributed by atoms with Crippen LogP contribution in [0, 0.1) is 11.8 Å². The average Bonchev–Trinajstić information content (AvgIpc) is 3.60. The van der Waals surface area contributed by atoms with Crippen LogP contribution in [0.25, 0.3) is 21.3 Å². The van der Waals surface area contributed by atoms with E-state index in [0.29, 0.717) is 21.5 Å². The first-order valence-electron chi connectivity index (χ1n) is 11.8. The third-order valence-electron chi connectivity index (χ3n) is 7.12. The van der Waals surface area contributed by atoms with Crippen molar-refractivity contribution in [2.75, 3.05) is 7.11 Å². The fourth-order valence-electron chi connectivity index (χ4n) is 5.22. The minimum atomic E-state index is -4.54. The first-order chi connectivity index (χ1) is 17.6. The summed E-state index contributed by atoms with van der Waals surface area (Å²) in [5.74, 6) is 0.533. The van der Waals surface area contributed by atoms with Crippen molar-refractivity contribution < 1.29 is 19.3 Å². The van der Waals surface area contributed by atoms with Gasteiger partial charge in [-0.05, 0) is 52.6 Å². The fraction of sp³-hybridized carbons (Fsp3) is 0.276. The van der Waals surface area contributed by atoms with Gasteiger partial charge < -0.3 is 9.30 Å². The van der Waals surface area contributed by atoms with Crippen LogP contribution < -0.4 is 10.2 Å². The van der Waals surface area contributed by atoms with Crippen molar-refractivity contribution in [3.63, 3.8) is 0 Å². The molecule has 0 spiro atoms. The SMILES string of the molecule is COc1ccc(-c2cccnc2)cc1C(C)(C)CC(Cn1ccc(=O)c2sccc21)(C1=C[CH]1)C(F)(F)F.[HH]. The van der Waals surface area contributed by atoms with Crippen LogP contribution in [0.15, 0.2) is 82.9 Å². The smallest absolute Gasteiger partial charge is 0.399 e. The molecule has 5 rings (SSSR count). The number of thiophene rings is 1. The average molecular weight is 526 g/mol. The third kappa shape index (κ3) is 4.59. The first kappa shape index (κ1) is 25.3. The van der Waals surface area contributed by atoms with Gasteiger partial charge in [0.1, 0.15) is 11.2 Å². The number of benzene rings is 1. The molecule has 1 aromatic carbocycles. The predicted molar refractivity (Wildman–Crippen MR) is 143 cm³/mol. The van der Waals surface area contributed by atoms with Gasteiger partial charge in [-0.25, -0.2) is 0 Å². The van der Waals surface area contributed by atoms with E-state index in [1.165, 1.54) is 30.7 Å². The molecular formula is C29H28F3N2O2S. The van der Waals surface area contributed by atoms with E-state index in [2.05, 4.69) is 4.98 Å². The summed E-state index contributed by atoms with van der Waals surface area (Å²) < 4.78 is 53.1. The van der Waals surface area contributed by atoms with Gasteiger partial charge in [0.2, 0.25) is 0 Å². The van der Waals surface area contributed by atoms with Crippen molar-refractivity contribution in [2.45, 2.75) is 38.4 Å². The third-order valence-corrected chi connectivity index (χ3v) is 8.04. The van der Waals surface area contributed by atoms with Crippen molar-refractivity contribution in [1.82, 2.24) is 9.55 Å². The molecule has 0 N–H and O–H groups in total. The summed E-state index contributed by atoms with van der Waals surface area (Å²) in [5.41, 5.74) is -0.0827. The maximum absolute atomic E-state index is 15.2. The molecule has 0 amide bonds. The van der Waals surface area contributed by atoms with E-state index in [4.69, 9.17) is 4.74 Å². The molecule has 37 heavy (non-hydrogen) atoms. The van der Waals surface area contributed by atoms with Crippen LogP contribution in [0.2, 0.25) is 0 Å². The molecule has 193 valence electrons. The lowest BCUT2D eigenvalue weighted by Gasteiger charge is -2.42. The van der Waals surface area contributed by atoms with Crippen molar-refractivity contribution >= 4 is 21.6 Å². The molecular weight excluding hydrogens is 497 g/mol. The predicted octanol–water partition coefficient (Wildman–Crippen LogP) is 7.44. The number of alkyl halides is 3. The molecule has 0 saturated carbocycles. The van der Waals surface area contributed by atoms with Crippen LogP contribution in [-0.2, 0) is 12.0 Å². The van der Waals surface area contributed by atoms with Crippen molar-refractivity contribution in [3.05, 3.63) is 100 Å². The van der Waals surface area contributed by atoms with Crippen molar-refractivity contribution in [3.8, 4) is 16.9 Å². The summed E-state index contributed by atoms with van der Waals surface area (Å²) in [5, 5.41) is 1.74. The van der Waals surface area contributed by atoms with Crippen LogP contribution in [-0.4, -0.2) is 22.8 Å². The first-order valence-corrected chi connectivity index (χ1v) is 12.7. The van der Waals surface area contributed by atoms with E-state index in [-0.39, 0.29) is 25.4 Å². The zero-order chi connectivity index (χ0) is 26.4. The second-order valence-electron chi connectivity index (χ2n) is 10.0. The number of hydrogen-bond donors (Lipinski definition) is 0. The number of allylic oxidation sites excluding steroid dienone is 2. The van der Waals surface area contributed by atoms with Crippen LogP contribution in [0.3, 0.4) is 0 Å². The van der Waals surface area contributed by atoms with Gasteiger partial charge >= 0.3 is 6.18 Å². The van der Waals surface area contributed by atoms with E-state index in [1.807, 2.05) is 38.1 Å². The Kier molecular flexibility index (Phi) is 6.26. The zero-order valence-electron chi connectivity index (χ0n) is 20.7. The zero-order valence-corrected chi connectivity index (χ0v) is 21.5. The normalized spacial score (nSPS) is 15.4. The molecule has 0 saturated heterocycles. The molecule has 0 aliphatic heterocycles. The Morgan fingerprint density at radius 3 is 2.54 bits per heavy atom. The minimum Gasteiger partial charge on any atom is -0.496 e. The standard InChI is InChI=1S/C29H26F3N2O2S.H2/c1-27(2,22-15-19(6-9-25(22)36-3)20-5-4-12-33-16-20)17-28(21-7-8-21,29(30,31)32)18-34-13-10-24(35)26-23(34)11-14-37-26;/h4-16H,17-18H2,1-3H3;1H. The Balaban J connectivity index is 0.00000336. The molecule has 4 aromatic rings. The maximum Gasteiger partial charge on any atom is 0.399 e. The number of rotatable bonds is 8. The fourth-order valence-corrected chi connectivity index (χ4v) is 6.04. The number of aromatic nitrogens is 2. The number of halogens is 3. The summed E-state index contributed by atoms with van der Waals surface area (Å²) in [7, 11) is 1.53. The lowest BCUT2D eigenvalue weighted by atomic mass is 9.67. The second-order valence-corrected chi connectivity index (χ2v) is 10.9. The molecule has 3 aromatic heterocycles. The Morgan fingerprint density at radius 2 is 1.89 bits per heavy atom. The van der Waals surface area contributed by atoms with Gasteiger partial charge in [-0.15, -0.1) is 11.3 Å². The van der Waals surface area contributed by atoms with Gasteiger partial charge in [0.25, 0.3) is 0 Å². The molecule has 3 heterocycles. The van der Waals surface area contributed by atoms with E-state index >= 15 is 13.2 Å². The minimum absolute atomic E-state index is 0. The molecule has 1 radical (unpaired) electrons. The molecule has 1 atom stereocenters. The summed E-state index contributed by atoms with van der Waals surface area (Å²) in [4.78, 5) is 16.4. The van der Waals surface area contributed by atoms with Gasteiger partial charge in [-0.3, -0.25) is 9.78 Å². The van der Waals surface area contributed by atoms with E-state index in [9.17, 15) is 4.79 Å². The number of fused-ring (bicyclic) bond motifs is 1. The topological polar surface area (TPSA) is 44.1 Å². The van der Waals surface area contributed by atoms with Crippen LogP contribution in [0.1, 0.15) is 27.3 Å². The van der Waals surface area contributed by atoms with E-state index < -0.39 is 17.0 Å². The molecule has 0 bridgehead atoms. The van der Waals surface area contributed by atoms with Gasteiger partial charge in [-0.2, -0.15) is 13.2 Å². The highest BCUT2D eigenvalue weighted by atomic mass is 32.1. The summed E-state index contributed by atoms with van der Waals surface area (Å²) in [6.45, 7) is 3.32.